The first-order valence-electron chi connectivity index (χ1n) is 5.45. The Kier molecular flexibility index (Phi) is 5.04. The average molecular weight is 278 g/mol. The zero-order chi connectivity index (χ0) is 12.4. The summed E-state index contributed by atoms with van der Waals surface area (Å²) in [6.45, 7) is 1.26. The van der Waals surface area contributed by atoms with Crippen molar-refractivity contribution in [1.29, 1.82) is 0 Å². The SMILES string of the molecule is Cl.O=C(O)C1CCN(Cc2cc(F)ccc2F)C1. The lowest BCUT2D eigenvalue weighted by molar-refractivity contribution is -0.141. The molecule has 100 valence electrons. The standard InChI is InChI=1S/C12H13F2NO2.ClH/c13-10-1-2-11(14)9(5-10)7-15-4-3-8(6-15)12(16)17;/h1-2,5,8H,3-4,6-7H2,(H,16,17);1H. The van der Waals surface area contributed by atoms with E-state index in [1.807, 2.05) is 4.90 Å². The maximum Gasteiger partial charge on any atom is 0.307 e. The Hall–Kier alpha value is -1.20. The van der Waals surface area contributed by atoms with E-state index >= 15 is 0 Å². The Morgan fingerprint density at radius 3 is 2.78 bits per heavy atom. The van der Waals surface area contributed by atoms with Gasteiger partial charge < -0.3 is 5.11 Å². The molecule has 1 aliphatic heterocycles. The molecule has 0 radical (unpaired) electrons. The number of rotatable bonds is 3. The minimum Gasteiger partial charge on any atom is -0.481 e. The summed E-state index contributed by atoms with van der Waals surface area (Å²) in [4.78, 5) is 12.6. The second-order valence-corrected chi connectivity index (χ2v) is 4.29. The molecule has 1 aliphatic rings. The first kappa shape index (κ1) is 14.9. The number of nitrogens with zero attached hydrogens (tertiary/aromatic N) is 1. The lowest BCUT2D eigenvalue weighted by atomic mass is 10.1. The second-order valence-electron chi connectivity index (χ2n) is 4.29. The molecule has 1 N–H and O–H groups in total. The van der Waals surface area contributed by atoms with Crippen molar-refractivity contribution in [3.05, 3.63) is 35.4 Å². The summed E-state index contributed by atoms with van der Waals surface area (Å²) in [6, 6.07) is 3.32. The zero-order valence-corrected chi connectivity index (χ0v) is 10.4. The summed E-state index contributed by atoms with van der Waals surface area (Å²) >= 11 is 0. The molecule has 0 spiro atoms. The highest BCUT2D eigenvalue weighted by Gasteiger charge is 2.28. The molecule has 1 atom stereocenters. The van der Waals surface area contributed by atoms with Crippen LogP contribution in [0.4, 0.5) is 8.78 Å². The molecule has 0 aromatic heterocycles. The van der Waals surface area contributed by atoms with Crippen molar-refractivity contribution >= 4 is 18.4 Å². The van der Waals surface area contributed by atoms with Crippen molar-refractivity contribution in [2.24, 2.45) is 5.92 Å². The molecular formula is C12H14ClF2NO2. The Bertz CT molecular complexity index is 442. The molecular weight excluding hydrogens is 264 g/mol. The van der Waals surface area contributed by atoms with Gasteiger partial charge in [0.25, 0.3) is 0 Å². The molecule has 3 nitrogen and oxygen atoms in total. The number of hydrogen-bond donors (Lipinski definition) is 1. The van der Waals surface area contributed by atoms with Crippen molar-refractivity contribution < 1.29 is 18.7 Å². The van der Waals surface area contributed by atoms with Gasteiger partial charge in [-0.05, 0) is 31.2 Å². The average Bonchev–Trinajstić information content (AvgIpc) is 2.72. The molecule has 1 aromatic rings. The molecule has 1 aromatic carbocycles. The fourth-order valence-corrected chi connectivity index (χ4v) is 2.08. The van der Waals surface area contributed by atoms with E-state index in [1.54, 1.807) is 0 Å². The van der Waals surface area contributed by atoms with Crippen molar-refractivity contribution in [1.82, 2.24) is 4.90 Å². The highest BCUT2D eigenvalue weighted by Crippen LogP contribution is 2.20. The van der Waals surface area contributed by atoms with Gasteiger partial charge in [0.15, 0.2) is 0 Å². The van der Waals surface area contributed by atoms with Gasteiger partial charge in [-0.3, -0.25) is 9.69 Å². The third kappa shape index (κ3) is 3.40. The number of carboxylic acid groups (broad SMARTS) is 1. The van der Waals surface area contributed by atoms with Crippen LogP contribution in [0.3, 0.4) is 0 Å². The van der Waals surface area contributed by atoms with E-state index in [0.717, 1.165) is 18.2 Å². The van der Waals surface area contributed by atoms with Crippen molar-refractivity contribution in [3.63, 3.8) is 0 Å². The van der Waals surface area contributed by atoms with Crippen molar-refractivity contribution in [2.45, 2.75) is 13.0 Å². The fraction of sp³-hybridized carbons (Fsp3) is 0.417. The minimum absolute atomic E-state index is 0. The van der Waals surface area contributed by atoms with Crippen LogP contribution in [0.15, 0.2) is 18.2 Å². The van der Waals surface area contributed by atoms with Crippen LogP contribution in [0.1, 0.15) is 12.0 Å². The summed E-state index contributed by atoms with van der Waals surface area (Å²) in [7, 11) is 0. The summed E-state index contributed by atoms with van der Waals surface area (Å²) < 4.78 is 26.3. The second kappa shape index (κ2) is 6.11. The summed E-state index contributed by atoms with van der Waals surface area (Å²) in [5.74, 6) is -2.15. The lowest BCUT2D eigenvalue weighted by Gasteiger charge is -2.15. The molecule has 2 rings (SSSR count). The molecule has 0 aliphatic carbocycles. The predicted molar refractivity (Wildman–Crippen MR) is 64.6 cm³/mol. The Labute approximate surface area is 110 Å². The van der Waals surface area contributed by atoms with Gasteiger partial charge in [0.2, 0.25) is 0 Å². The fourth-order valence-electron chi connectivity index (χ4n) is 2.08. The van der Waals surface area contributed by atoms with Crippen molar-refractivity contribution in [3.8, 4) is 0 Å². The molecule has 18 heavy (non-hydrogen) atoms. The van der Waals surface area contributed by atoms with Crippen LogP contribution in [0.25, 0.3) is 0 Å². The van der Waals surface area contributed by atoms with Crippen LogP contribution < -0.4 is 0 Å². The van der Waals surface area contributed by atoms with Gasteiger partial charge in [-0.1, -0.05) is 0 Å². The Morgan fingerprint density at radius 1 is 1.44 bits per heavy atom. The van der Waals surface area contributed by atoms with Crippen LogP contribution in [-0.2, 0) is 11.3 Å². The Morgan fingerprint density at radius 2 is 2.17 bits per heavy atom. The smallest absolute Gasteiger partial charge is 0.307 e. The first-order chi connectivity index (χ1) is 8.06. The van der Waals surface area contributed by atoms with E-state index in [0.29, 0.717) is 19.5 Å². The third-order valence-corrected chi connectivity index (χ3v) is 3.02. The normalized spacial score (nSPS) is 19.6. The molecule has 0 bridgehead atoms. The predicted octanol–water partition coefficient (Wildman–Crippen LogP) is 2.29. The van der Waals surface area contributed by atoms with Gasteiger partial charge in [0.1, 0.15) is 11.6 Å². The van der Waals surface area contributed by atoms with Gasteiger partial charge in [-0.2, -0.15) is 0 Å². The number of likely N-dealkylation sites (tertiary alicyclic amines) is 1. The maximum atomic E-state index is 13.4. The van der Waals surface area contributed by atoms with Crippen LogP contribution in [0.5, 0.6) is 0 Å². The van der Waals surface area contributed by atoms with Gasteiger partial charge in [-0.25, -0.2) is 8.78 Å². The largest absolute Gasteiger partial charge is 0.481 e. The van der Waals surface area contributed by atoms with Crippen LogP contribution in [0.2, 0.25) is 0 Å². The summed E-state index contributed by atoms with van der Waals surface area (Å²) in [6.07, 6.45) is 0.562. The van der Waals surface area contributed by atoms with Crippen LogP contribution in [-0.4, -0.2) is 29.1 Å². The minimum atomic E-state index is -0.827. The highest BCUT2D eigenvalue weighted by atomic mass is 35.5. The van der Waals surface area contributed by atoms with Gasteiger partial charge in [0.05, 0.1) is 5.92 Å². The van der Waals surface area contributed by atoms with E-state index < -0.39 is 23.5 Å². The highest BCUT2D eigenvalue weighted by molar-refractivity contribution is 5.85. The topological polar surface area (TPSA) is 40.5 Å². The molecule has 0 saturated carbocycles. The van der Waals surface area contributed by atoms with Crippen LogP contribution in [0, 0.1) is 17.6 Å². The number of carboxylic acids is 1. The van der Waals surface area contributed by atoms with E-state index in [2.05, 4.69) is 0 Å². The molecule has 1 heterocycles. The number of benzene rings is 1. The van der Waals surface area contributed by atoms with E-state index in [1.165, 1.54) is 0 Å². The first-order valence-corrected chi connectivity index (χ1v) is 5.45. The monoisotopic (exact) mass is 277 g/mol. The van der Waals surface area contributed by atoms with Gasteiger partial charge in [-0.15, -0.1) is 12.4 Å². The Balaban J connectivity index is 0.00000162. The van der Waals surface area contributed by atoms with Crippen molar-refractivity contribution in [2.75, 3.05) is 13.1 Å². The maximum absolute atomic E-state index is 13.4. The molecule has 1 fully saturated rings. The summed E-state index contributed by atoms with van der Waals surface area (Å²) in [5.41, 5.74) is 0.274. The molecule has 1 unspecified atom stereocenters. The summed E-state index contributed by atoms with van der Waals surface area (Å²) in [5, 5.41) is 8.84. The van der Waals surface area contributed by atoms with E-state index in [4.69, 9.17) is 5.11 Å². The molecule has 1 saturated heterocycles. The third-order valence-electron chi connectivity index (χ3n) is 3.02. The number of hydrogen-bond acceptors (Lipinski definition) is 2. The van der Waals surface area contributed by atoms with Crippen LogP contribution >= 0.6 is 12.4 Å². The van der Waals surface area contributed by atoms with Gasteiger partial charge >= 0.3 is 5.97 Å². The van der Waals surface area contributed by atoms with E-state index in [9.17, 15) is 13.6 Å². The molecule has 6 heteroatoms. The zero-order valence-electron chi connectivity index (χ0n) is 9.60. The lowest BCUT2D eigenvalue weighted by Crippen LogP contribution is -2.23. The molecule has 0 amide bonds. The number of carbonyl (C=O) groups is 1. The quantitative estimate of drug-likeness (QED) is 0.922. The number of aliphatic carboxylic acids is 1. The van der Waals surface area contributed by atoms with E-state index in [-0.39, 0.29) is 24.5 Å². The van der Waals surface area contributed by atoms with Gasteiger partial charge in [0, 0.05) is 18.7 Å². The number of halogens is 3.